The van der Waals surface area contributed by atoms with Crippen LogP contribution in [0.4, 0.5) is 0 Å². The predicted octanol–water partition coefficient (Wildman–Crippen LogP) is 2.26. The Bertz CT molecular complexity index is 610. The van der Waals surface area contributed by atoms with Gasteiger partial charge in [0, 0.05) is 38.5 Å². The van der Waals surface area contributed by atoms with Gasteiger partial charge in [0.15, 0.2) is 0 Å². The zero-order valence-electron chi connectivity index (χ0n) is 15.5. The van der Waals surface area contributed by atoms with Crippen LogP contribution in [0.5, 0.6) is 0 Å². The van der Waals surface area contributed by atoms with Crippen molar-refractivity contribution in [3.05, 3.63) is 35.9 Å². The molecule has 144 valence electrons. The topological polar surface area (TPSA) is 66.6 Å². The number of nitrogens with two attached hydrogens (primary N) is 1. The Hall–Kier alpha value is -1.59. The van der Waals surface area contributed by atoms with Gasteiger partial charge in [-0.25, -0.2) is 0 Å². The number of hydrogen-bond acceptors (Lipinski definition) is 3. The molecule has 2 N–H and O–H groups in total. The second-order valence-corrected chi connectivity index (χ2v) is 7.29. The first kappa shape index (κ1) is 20.7. The first-order valence-corrected chi connectivity index (χ1v) is 9.45. The second-order valence-electron chi connectivity index (χ2n) is 7.29. The van der Waals surface area contributed by atoms with Gasteiger partial charge < -0.3 is 15.5 Å². The van der Waals surface area contributed by atoms with Crippen molar-refractivity contribution in [3.8, 4) is 0 Å². The monoisotopic (exact) mass is 379 g/mol. The Balaban J connectivity index is 0.00000243. The Morgan fingerprint density at radius 2 is 1.85 bits per heavy atom. The third-order valence-corrected chi connectivity index (χ3v) is 5.71. The number of rotatable bonds is 4. The number of carbonyl (C=O) groups is 2. The molecule has 6 heteroatoms. The second kappa shape index (κ2) is 9.38. The lowest BCUT2D eigenvalue weighted by molar-refractivity contribution is -0.140. The predicted molar refractivity (Wildman–Crippen MR) is 105 cm³/mol. The van der Waals surface area contributed by atoms with Crippen molar-refractivity contribution in [2.75, 3.05) is 32.7 Å². The Kier molecular flexibility index (Phi) is 7.47. The highest BCUT2D eigenvalue weighted by Gasteiger charge is 2.38. The lowest BCUT2D eigenvalue weighted by Gasteiger charge is -2.34. The van der Waals surface area contributed by atoms with Gasteiger partial charge in [-0.15, -0.1) is 12.4 Å². The fourth-order valence-electron chi connectivity index (χ4n) is 4.25. The van der Waals surface area contributed by atoms with Crippen molar-refractivity contribution in [2.45, 2.75) is 32.1 Å². The zero-order chi connectivity index (χ0) is 17.8. The number of carbonyl (C=O) groups excluding carboxylic acids is 2. The Morgan fingerprint density at radius 3 is 2.50 bits per heavy atom. The quantitative estimate of drug-likeness (QED) is 0.872. The molecule has 2 heterocycles. The van der Waals surface area contributed by atoms with Crippen LogP contribution in [0.1, 0.15) is 37.7 Å². The molecule has 26 heavy (non-hydrogen) atoms. The van der Waals surface area contributed by atoms with E-state index in [0.717, 1.165) is 32.5 Å². The largest absolute Gasteiger partial charge is 0.342 e. The molecule has 5 nitrogen and oxygen atoms in total. The molecule has 0 spiro atoms. The molecule has 0 radical (unpaired) electrons. The van der Waals surface area contributed by atoms with Gasteiger partial charge in [-0.05, 0) is 30.9 Å². The third kappa shape index (κ3) is 4.38. The van der Waals surface area contributed by atoms with Gasteiger partial charge in [-0.3, -0.25) is 9.59 Å². The summed E-state index contributed by atoms with van der Waals surface area (Å²) >= 11 is 0. The van der Waals surface area contributed by atoms with Crippen LogP contribution in [0.3, 0.4) is 0 Å². The van der Waals surface area contributed by atoms with Gasteiger partial charge in [0.2, 0.25) is 11.8 Å². The van der Waals surface area contributed by atoms with Crippen molar-refractivity contribution < 1.29 is 9.59 Å². The summed E-state index contributed by atoms with van der Waals surface area (Å²) in [6.07, 6.45) is 2.31. The number of piperidine rings is 1. The van der Waals surface area contributed by atoms with E-state index >= 15 is 0 Å². The molecular formula is C20H30ClN3O2. The van der Waals surface area contributed by atoms with Crippen LogP contribution in [0, 0.1) is 11.8 Å². The number of halogens is 1. The van der Waals surface area contributed by atoms with Crippen LogP contribution in [-0.4, -0.2) is 54.3 Å². The molecule has 1 aromatic rings. The minimum atomic E-state index is -0.0582. The van der Waals surface area contributed by atoms with E-state index in [1.54, 1.807) is 0 Å². The van der Waals surface area contributed by atoms with Crippen LogP contribution in [0.25, 0.3) is 0 Å². The maximum atomic E-state index is 13.0. The fraction of sp³-hybridized carbons (Fsp3) is 0.600. The van der Waals surface area contributed by atoms with Crippen LogP contribution in [0.15, 0.2) is 30.3 Å². The summed E-state index contributed by atoms with van der Waals surface area (Å²) in [4.78, 5) is 28.9. The summed E-state index contributed by atoms with van der Waals surface area (Å²) in [5.41, 5.74) is 7.25. The number of amides is 2. The fourth-order valence-corrected chi connectivity index (χ4v) is 4.25. The first-order valence-electron chi connectivity index (χ1n) is 9.45. The molecule has 2 aliphatic rings. The average Bonchev–Trinajstić information content (AvgIpc) is 3.12. The lowest BCUT2D eigenvalue weighted by atomic mass is 9.89. The molecule has 2 fully saturated rings. The summed E-state index contributed by atoms with van der Waals surface area (Å²) in [7, 11) is 0. The summed E-state index contributed by atoms with van der Waals surface area (Å²) in [5.74, 6) is 0.916. The highest BCUT2D eigenvalue weighted by molar-refractivity contribution is 5.85. The van der Waals surface area contributed by atoms with Gasteiger partial charge in [0.1, 0.15) is 0 Å². The standard InChI is InChI=1S/C20H29N3O2.ClH/c1-2-19(24)22-10-6-9-16(12-22)20(25)23-13-17(11-21)18(14-23)15-7-4-3-5-8-15;/h3-5,7-8,16-18H,2,6,9-14,21H2,1H3;1H/t16?,17-,18+;/m1./s1. The smallest absolute Gasteiger partial charge is 0.227 e. The number of likely N-dealkylation sites (tertiary alicyclic amines) is 2. The normalized spacial score (nSPS) is 25.7. The van der Waals surface area contributed by atoms with Crippen molar-refractivity contribution in [3.63, 3.8) is 0 Å². The molecule has 2 aliphatic heterocycles. The molecule has 3 atom stereocenters. The molecule has 0 bridgehead atoms. The van der Waals surface area contributed by atoms with Gasteiger partial charge in [0.25, 0.3) is 0 Å². The highest BCUT2D eigenvalue weighted by atomic mass is 35.5. The lowest BCUT2D eigenvalue weighted by Crippen LogP contribution is -2.46. The van der Waals surface area contributed by atoms with E-state index in [0.29, 0.717) is 31.3 Å². The van der Waals surface area contributed by atoms with Crippen molar-refractivity contribution >= 4 is 24.2 Å². The van der Waals surface area contributed by atoms with Crippen LogP contribution in [0.2, 0.25) is 0 Å². The van der Waals surface area contributed by atoms with E-state index in [-0.39, 0.29) is 30.1 Å². The van der Waals surface area contributed by atoms with Crippen molar-refractivity contribution in [1.29, 1.82) is 0 Å². The minimum absolute atomic E-state index is 0. The van der Waals surface area contributed by atoms with E-state index in [2.05, 4.69) is 12.1 Å². The number of benzene rings is 1. The maximum absolute atomic E-state index is 13.0. The first-order chi connectivity index (χ1) is 12.1. The number of nitrogens with zero attached hydrogens (tertiary/aromatic N) is 2. The third-order valence-electron chi connectivity index (χ3n) is 5.71. The molecule has 1 aromatic carbocycles. The van der Waals surface area contributed by atoms with E-state index in [1.807, 2.05) is 34.9 Å². The SMILES string of the molecule is CCC(=O)N1CCCC(C(=O)N2C[C@@H](CN)[C@H](c3ccccc3)C2)C1.Cl. The van der Waals surface area contributed by atoms with E-state index in [4.69, 9.17) is 5.73 Å². The maximum Gasteiger partial charge on any atom is 0.227 e. The molecular weight excluding hydrogens is 350 g/mol. The Morgan fingerprint density at radius 1 is 1.12 bits per heavy atom. The molecule has 0 saturated carbocycles. The van der Waals surface area contributed by atoms with Crippen LogP contribution < -0.4 is 5.73 Å². The van der Waals surface area contributed by atoms with Gasteiger partial charge in [-0.1, -0.05) is 37.3 Å². The average molecular weight is 380 g/mol. The summed E-state index contributed by atoms with van der Waals surface area (Å²) in [5, 5.41) is 0. The van der Waals surface area contributed by atoms with Gasteiger partial charge in [0.05, 0.1) is 5.92 Å². The summed E-state index contributed by atoms with van der Waals surface area (Å²) in [6.45, 7) is 5.30. The van der Waals surface area contributed by atoms with Gasteiger partial charge >= 0.3 is 0 Å². The van der Waals surface area contributed by atoms with Crippen molar-refractivity contribution in [2.24, 2.45) is 17.6 Å². The molecule has 3 rings (SSSR count). The van der Waals surface area contributed by atoms with E-state index < -0.39 is 0 Å². The Labute approximate surface area is 162 Å². The highest BCUT2D eigenvalue weighted by Crippen LogP contribution is 2.33. The summed E-state index contributed by atoms with van der Waals surface area (Å²) < 4.78 is 0. The number of hydrogen-bond donors (Lipinski definition) is 1. The van der Waals surface area contributed by atoms with Crippen molar-refractivity contribution in [1.82, 2.24) is 9.80 Å². The van der Waals surface area contributed by atoms with Crippen LogP contribution in [-0.2, 0) is 9.59 Å². The minimum Gasteiger partial charge on any atom is -0.342 e. The van der Waals surface area contributed by atoms with E-state index in [1.165, 1.54) is 5.56 Å². The summed E-state index contributed by atoms with van der Waals surface area (Å²) in [6, 6.07) is 10.4. The van der Waals surface area contributed by atoms with Gasteiger partial charge in [-0.2, -0.15) is 0 Å². The van der Waals surface area contributed by atoms with Crippen LogP contribution >= 0.6 is 12.4 Å². The zero-order valence-corrected chi connectivity index (χ0v) is 16.3. The molecule has 2 amide bonds. The molecule has 1 unspecified atom stereocenters. The molecule has 2 saturated heterocycles. The molecule has 0 aliphatic carbocycles. The van der Waals surface area contributed by atoms with E-state index in [9.17, 15) is 9.59 Å². The molecule has 0 aromatic heterocycles.